The zero-order chi connectivity index (χ0) is 32.2. The molecule has 0 aromatic heterocycles. The van der Waals surface area contributed by atoms with Gasteiger partial charge in [0.2, 0.25) is 0 Å². The summed E-state index contributed by atoms with van der Waals surface area (Å²) in [5, 5.41) is 2.57. The minimum atomic E-state index is -0.102. The van der Waals surface area contributed by atoms with E-state index in [9.17, 15) is 0 Å². The van der Waals surface area contributed by atoms with E-state index in [1.165, 1.54) is 83.5 Å². The molecule has 0 saturated carbocycles. The van der Waals surface area contributed by atoms with Crippen molar-refractivity contribution in [2.24, 2.45) is 0 Å². The Morgan fingerprint density at radius 3 is 1.65 bits per heavy atom. The summed E-state index contributed by atoms with van der Waals surface area (Å²) in [7, 11) is 0. The lowest BCUT2D eigenvalue weighted by molar-refractivity contribution is 0.584. The second-order valence-corrected chi connectivity index (χ2v) is 15.6. The number of hydrogen-bond donors (Lipinski definition) is 0. The molecule has 0 N–H and O–H groups in total. The molecular formula is C45H43N. The molecule has 2 aliphatic carbocycles. The average molecular weight is 598 g/mol. The molecule has 0 unspecified atom stereocenters. The van der Waals surface area contributed by atoms with Crippen LogP contribution >= 0.6 is 0 Å². The van der Waals surface area contributed by atoms with Crippen molar-refractivity contribution in [1.29, 1.82) is 0 Å². The molecule has 8 rings (SSSR count). The lowest BCUT2D eigenvalue weighted by Gasteiger charge is -2.30. The smallest absolute Gasteiger partial charge is 0.0468 e. The van der Waals surface area contributed by atoms with Crippen LogP contribution in [0.5, 0.6) is 0 Å². The van der Waals surface area contributed by atoms with Gasteiger partial charge < -0.3 is 4.90 Å². The number of nitrogens with zero attached hydrogens (tertiary/aromatic N) is 1. The molecule has 6 aromatic carbocycles. The molecule has 0 atom stereocenters. The van der Waals surface area contributed by atoms with Crippen LogP contribution in [0, 0.1) is 6.92 Å². The van der Waals surface area contributed by atoms with Gasteiger partial charge >= 0.3 is 0 Å². The van der Waals surface area contributed by atoms with Gasteiger partial charge in [0.05, 0.1) is 0 Å². The number of anilines is 3. The molecule has 0 saturated heterocycles. The zero-order valence-corrected chi connectivity index (χ0v) is 28.4. The van der Waals surface area contributed by atoms with Gasteiger partial charge in [-0.15, -0.1) is 0 Å². The van der Waals surface area contributed by atoms with Crippen molar-refractivity contribution in [3.05, 3.63) is 149 Å². The summed E-state index contributed by atoms with van der Waals surface area (Å²) in [6.45, 7) is 18.7. The fraction of sp³-hybridized carbons (Fsp3) is 0.244. The van der Waals surface area contributed by atoms with Crippen molar-refractivity contribution < 1.29 is 0 Å². The maximum absolute atomic E-state index is 2.48. The second kappa shape index (κ2) is 9.69. The molecule has 228 valence electrons. The Morgan fingerprint density at radius 1 is 0.478 bits per heavy atom. The van der Waals surface area contributed by atoms with Crippen molar-refractivity contribution in [1.82, 2.24) is 0 Å². The highest BCUT2D eigenvalue weighted by Crippen LogP contribution is 2.53. The van der Waals surface area contributed by atoms with E-state index in [-0.39, 0.29) is 16.2 Å². The van der Waals surface area contributed by atoms with Gasteiger partial charge in [-0.05, 0) is 115 Å². The summed E-state index contributed by atoms with van der Waals surface area (Å²) < 4.78 is 0. The Hall–Kier alpha value is -4.62. The van der Waals surface area contributed by atoms with E-state index in [0.29, 0.717) is 0 Å². The van der Waals surface area contributed by atoms with Gasteiger partial charge in [0, 0.05) is 27.9 Å². The summed E-state index contributed by atoms with van der Waals surface area (Å²) in [6, 6.07) is 43.8. The van der Waals surface area contributed by atoms with Crippen molar-refractivity contribution in [2.45, 2.75) is 71.6 Å². The number of benzene rings is 6. The first-order valence-corrected chi connectivity index (χ1v) is 16.7. The Bertz CT molecular complexity index is 2200. The van der Waals surface area contributed by atoms with E-state index in [1.807, 2.05) is 0 Å². The maximum atomic E-state index is 2.48. The molecule has 1 heteroatoms. The fourth-order valence-electron chi connectivity index (χ4n) is 8.17. The fourth-order valence-corrected chi connectivity index (χ4v) is 8.17. The highest BCUT2D eigenvalue weighted by molar-refractivity contribution is 5.93. The Kier molecular flexibility index (Phi) is 6.07. The van der Waals surface area contributed by atoms with Gasteiger partial charge in [0.25, 0.3) is 0 Å². The summed E-state index contributed by atoms with van der Waals surface area (Å²) >= 11 is 0. The van der Waals surface area contributed by atoms with Crippen LogP contribution in [-0.4, -0.2) is 0 Å². The van der Waals surface area contributed by atoms with Gasteiger partial charge in [0.1, 0.15) is 0 Å². The highest BCUT2D eigenvalue weighted by Gasteiger charge is 2.38. The second-order valence-electron chi connectivity index (χ2n) is 15.6. The van der Waals surface area contributed by atoms with Crippen LogP contribution in [0.1, 0.15) is 81.8 Å². The van der Waals surface area contributed by atoms with Crippen LogP contribution in [0.3, 0.4) is 0 Å². The van der Waals surface area contributed by atoms with Crippen LogP contribution in [0.25, 0.3) is 33.0 Å². The van der Waals surface area contributed by atoms with Gasteiger partial charge in [-0.2, -0.15) is 0 Å². The van der Waals surface area contributed by atoms with Gasteiger partial charge in [-0.1, -0.05) is 127 Å². The predicted molar refractivity (Wildman–Crippen MR) is 197 cm³/mol. The van der Waals surface area contributed by atoms with Gasteiger partial charge in [-0.25, -0.2) is 0 Å². The quantitative estimate of drug-likeness (QED) is 0.196. The van der Waals surface area contributed by atoms with Crippen LogP contribution in [0.2, 0.25) is 0 Å². The lowest BCUT2D eigenvalue weighted by atomic mass is 9.79. The molecule has 0 fully saturated rings. The number of fused-ring (bicyclic) bond motifs is 7. The number of aryl methyl sites for hydroxylation is 1. The van der Waals surface area contributed by atoms with Crippen molar-refractivity contribution in [2.75, 3.05) is 4.90 Å². The van der Waals surface area contributed by atoms with Crippen molar-refractivity contribution in [3.63, 3.8) is 0 Å². The molecule has 0 bridgehead atoms. The topological polar surface area (TPSA) is 3.24 Å². The predicted octanol–water partition coefficient (Wildman–Crippen LogP) is 12.5. The van der Waals surface area contributed by atoms with E-state index < -0.39 is 0 Å². The van der Waals surface area contributed by atoms with Crippen molar-refractivity contribution in [3.8, 4) is 22.3 Å². The molecule has 0 amide bonds. The van der Waals surface area contributed by atoms with Gasteiger partial charge in [0.15, 0.2) is 0 Å². The van der Waals surface area contributed by atoms with Crippen molar-refractivity contribution >= 4 is 27.8 Å². The SMILES string of the molecule is Cc1cccc2ccc(N(c3ccc4c(c3)C(C)(C)c3ccccc3-4)c3ccc4c(c3)C(C)(C)c3cc(C(C)(C)C)ccc3-4)cc12. The van der Waals surface area contributed by atoms with E-state index >= 15 is 0 Å². The Balaban J connectivity index is 1.33. The van der Waals surface area contributed by atoms with Crippen LogP contribution in [0.4, 0.5) is 17.1 Å². The molecule has 1 nitrogen and oxygen atoms in total. The number of rotatable bonds is 3. The minimum Gasteiger partial charge on any atom is -0.310 e. The normalized spacial score (nSPS) is 15.3. The molecule has 0 radical (unpaired) electrons. The third kappa shape index (κ3) is 4.14. The lowest BCUT2D eigenvalue weighted by Crippen LogP contribution is -2.19. The Labute approximate surface area is 274 Å². The molecule has 0 spiro atoms. The van der Waals surface area contributed by atoms with E-state index in [2.05, 4.69) is 176 Å². The average Bonchev–Trinajstić information content (AvgIpc) is 3.40. The molecule has 0 heterocycles. The number of hydrogen-bond acceptors (Lipinski definition) is 1. The molecule has 6 aromatic rings. The minimum absolute atomic E-state index is 0.0695. The molecular weight excluding hydrogens is 555 g/mol. The van der Waals surface area contributed by atoms with Crippen LogP contribution < -0.4 is 4.90 Å². The first-order chi connectivity index (χ1) is 21.9. The van der Waals surface area contributed by atoms with E-state index in [0.717, 1.165) is 0 Å². The third-order valence-electron chi connectivity index (χ3n) is 11.0. The molecule has 2 aliphatic rings. The monoisotopic (exact) mass is 597 g/mol. The first kappa shape index (κ1) is 28.8. The molecule has 46 heavy (non-hydrogen) atoms. The first-order valence-electron chi connectivity index (χ1n) is 16.7. The van der Waals surface area contributed by atoms with Crippen LogP contribution in [-0.2, 0) is 16.2 Å². The largest absolute Gasteiger partial charge is 0.310 e. The van der Waals surface area contributed by atoms with E-state index in [1.54, 1.807) is 0 Å². The summed E-state index contributed by atoms with van der Waals surface area (Å²) in [4.78, 5) is 2.48. The third-order valence-corrected chi connectivity index (χ3v) is 11.0. The van der Waals surface area contributed by atoms with Gasteiger partial charge in [-0.3, -0.25) is 0 Å². The van der Waals surface area contributed by atoms with Crippen LogP contribution in [0.15, 0.2) is 115 Å². The summed E-state index contributed by atoms with van der Waals surface area (Å²) in [6.07, 6.45) is 0. The summed E-state index contributed by atoms with van der Waals surface area (Å²) in [5.74, 6) is 0. The maximum Gasteiger partial charge on any atom is 0.0468 e. The summed E-state index contributed by atoms with van der Waals surface area (Å²) in [5.41, 5.74) is 17.2. The van der Waals surface area contributed by atoms with E-state index in [4.69, 9.17) is 0 Å². The standard InChI is InChI=1S/C45H43N/c1-28-12-11-13-29-16-18-31(25-38(28)29)46(32-19-22-36-34-14-9-10-15-39(34)44(5,6)41(36)26-32)33-20-23-37-35-21-17-30(43(2,3)4)24-40(35)45(7,8)42(37)27-33/h9-27H,1-8H3. The zero-order valence-electron chi connectivity index (χ0n) is 28.4. The Morgan fingerprint density at radius 2 is 1.00 bits per heavy atom. The molecule has 0 aliphatic heterocycles. The highest BCUT2D eigenvalue weighted by atomic mass is 15.1.